The van der Waals surface area contributed by atoms with E-state index in [2.05, 4.69) is 10.3 Å². The number of hydrogen-bond acceptors (Lipinski definition) is 4. The maximum absolute atomic E-state index is 12.2. The van der Waals surface area contributed by atoms with Gasteiger partial charge in [0.15, 0.2) is 11.2 Å². The van der Waals surface area contributed by atoms with Crippen molar-refractivity contribution in [3.63, 3.8) is 0 Å². The standard InChI is InChI=1S/C16H12N2O3/c1-10-5-4-8-17-15(10)18-16(20)14-9-12(19)11-6-2-3-7-13(11)21-14/h2-9H,1H3,(H,17,18,20). The average Bonchev–Trinajstić information content (AvgIpc) is 2.49. The van der Waals surface area contributed by atoms with E-state index in [0.29, 0.717) is 16.8 Å². The van der Waals surface area contributed by atoms with Gasteiger partial charge in [-0.15, -0.1) is 0 Å². The van der Waals surface area contributed by atoms with E-state index in [1.165, 1.54) is 6.07 Å². The van der Waals surface area contributed by atoms with Crippen LogP contribution in [0.5, 0.6) is 0 Å². The fourth-order valence-corrected chi connectivity index (χ4v) is 2.00. The summed E-state index contributed by atoms with van der Waals surface area (Å²) in [6.07, 6.45) is 1.58. The molecule has 0 aliphatic carbocycles. The Morgan fingerprint density at radius 3 is 2.81 bits per heavy atom. The van der Waals surface area contributed by atoms with Crippen molar-refractivity contribution in [2.24, 2.45) is 0 Å². The highest BCUT2D eigenvalue weighted by Crippen LogP contribution is 2.14. The predicted octanol–water partition coefficient (Wildman–Crippen LogP) is 2.75. The van der Waals surface area contributed by atoms with E-state index < -0.39 is 5.91 Å². The van der Waals surface area contributed by atoms with Gasteiger partial charge in [-0.1, -0.05) is 18.2 Å². The molecule has 0 fully saturated rings. The largest absolute Gasteiger partial charge is 0.451 e. The molecule has 0 saturated carbocycles. The first kappa shape index (κ1) is 13.1. The first-order chi connectivity index (χ1) is 10.1. The lowest BCUT2D eigenvalue weighted by Gasteiger charge is -2.06. The highest BCUT2D eigenvalue weighted by molar-refractivity contribution is 6.02. The Labute approximate surface area is 120 Å². The van der Waals surface area contributed by atoms with Crippen LogP contribution in [0, 0.1) is 6.92 Å². The SMILES string of the molecule is Cc1cccnc1NC(=O)c1cc(=O)c2ccccc2o1. The summed E-state index contributed by atoms with van der Waals surface area (Å²) in [5.41, 5.74) is 0.960. The van der Waals surface area contributed by atoms with Crippen LogP contribution in [-0.2, 0) is 0 Å². The molecule has 104 valence electrons. The Morgan fingerprint density at radius 1 is 1.19 bits per heavy atom. The van der Waals surface area contributed by atoms with Crippen LogP contribution in [0.15, 0.2) is 57.9 Å². The summed E-state index contributed by atoms with van der Waals surface area (Å²) in [4.78, 5) is 28.2. The van der Waals surface area contributed by atoms with Crippen LogP contribution >= 0.6 is 0 Å². The number of amides is 1. The number of carbonyl (C=O) groups is 1. The maximum Gasteiger partial charge on any atom is 0.292 e. The molecule has 0 radical (unpaired) electrons. The Bertz CT molecular complexity index is 884. The summed E-state index contributed by atoms with van der Waals surface area (Å²) in [5, 5.41) is 3.08. The summed E-state index contributed by atoms with van der Waals surface area (Å²) in [6, 6.07) is 11.6. The smallest absolute Gasteiger partial charge is 0.292 e. The van der Waals surface area contributed by atoms with E-state index in [0.717, 1.165) is 5.56 Å². The summed E-state index contributed by atoms with van der Waals surface area (Å²) in [6.45, 7) is 1.83. The molecule has 21 heavy (non-hydrogen) atoms. The number of nitrogens with zero attached hydrogens (tertiary/aromatic N) is 1. The van der Waals surface area contributed by atoms with E-state index in [9.17, 15) is 9.59 Å². The third-order valence-electron chi connectivity index (χ3n) is 3.10. The van der Waals surface area contributed by atoms with Crippen LogP contribution in [0.25, 0.3) is 11.0 Å². The van der Waals surface area contributed by atoms with Gasteiger partial charge in [0.2, 0.25) is 0 Å². The lowest BCUT2D eigenvalue weighted by molar-refractivity contribution is 0.0996. The van der Waals surface area contributed by atoms with Crippen LogP contribution in [-0.4, -0.2) is 10.9 Å². The van der Waals surface area contributed by atoms with E-state index in [1.807, 2.05) is 13.0 Å². The number of pyridine rings is 1. The van der Waals surface area contributed by atoms with Gasteiger partial charge in [0.05, 0.1) is 5.39 Å². The van der Waals surface area contributed by atoms with Gasteiger partial charge >= 0.3 is 0 Å². The van der Waals surface area contributed by atoms with E-state index in [4.69, 9.17) is 4.42 Å². The molecule has 1 aromatic carbocycles. The second kappa shape index (κ2) is 5.20. The zero-order valence-corrected chi connectivity index (χ0v) is 11.3. The lowest BCUT2D eigenvalue weighted by Crippen LogP contribution is -2.16. The minimum absolute atomic E-state index is 0.0382. The Kier molecular flexibility index (Phi) is 3.23. The van der Waals surface area contributed by atoms with Crippen molar-refractivity contribution in [2.45, 2.75) is 6.92 Å². The number of benzene rings is 1. The van der Waals surface area contributed by atoms with Crippen molar-refractivity contribution < 1.29 is 9.21 Å². The third kappa shape index (κ3) is 2.53. The van der Waals surface area contributed by atoms with E-state index >= 15 is 0 Å². The molecule has 0 bridgehead atoms. The number of nitrogens with one attached hydrogen (secondary N) is 1. The molecule has 0 aliphatic rings. The third-order valence-corrected chi connectivity index (χ3v) is 3.10. The van der Waals surface area contributed by atoms with Crippen LogP contribution in [0.2, 0.25) is 0 Å². The van der Waals surface area contributed by atoms with Crippen molar-refractivity contribution in [1.82, 2.24) is 4.98 Å². The fourth-order valence-electron chi connectivity index (χ4n) is 2.00. The molecule has 1 amide bonds. The molecule has 3 rings (SSSR count). The van der Waals surface area contributed by atoms with Gasteiger partial charge in [0.25, 0.3) is 5.91 Å². The minimum Gasteiger partial charge on any atom is -0.451 e. The summed E-state index contributed by atoms with van der Waals surface area (Å²) in [5.74, 6) is -0.0956. The van der Waals surface area contributed by atoms with Crippen LogP contribution in [0.1, 0.15) is 16.1 Å². The van der Waals surface area contributed by atoms with Gasteiger partial charge in [-0.2, -0.15) is 0 Å². The zero-order valence-electron chi connectivity index (χ0n) is 11.3. The summed E-state index contributed by atoms with van der Waals surface area (Å²) >= 11 is 0. The molecule has 0 atom stereocenters. The lowest BCUT2D eigenvalue weighted by atomic mass is 10.2. The average molecular weight is 280 g/mol. The maximum atomic E-state index is 12.2. The molecule has 5 heteroatoms. The highest BCUT2D eigenvalue weighted by Gasteiger charge is 2.13. The molecule has 0 aliphatic heterocycles. The number of aromatic nitrogens is 1. The van der Waals surface area contributed by atoms with Crippen molar-refractivity contribution in [3.8, 4) is 0 Å². The molecular formula is C16H12N2O3. The molecule has 0 saturated heterocycles. The topological polar surface area (TPSA) is 72.2 Å². The van der Waals surface area contributed by atoms with Crippen molar-refractivity contribution in [3.05, 3.63) is 70.2 Å². The van der Waals surface area contributed by atoms with E-state index in [-0.39, 0.29) is 11.2 Å². The molecule has 2 heterocycles. The normalized spacial score (nSPS) is 10.5. The van der Waals surface area contributed by atoms with Gasteiger partial charge in [-0.3, -0.25) is 9.59 Å². The molecule has 1 N–H and O–H groups in total. The first-order valence-electron chi connectivity index (χ1n) is 6.41. The Morgan fingerprint density at radius 2 is 2.00 bits per heavy atom. The Hall–Kier alpha value is -2.95. The van der Waals surface area contributed by atoms with Gasteiger partial charge in [-0.05, 0) is 30.7 Å². The molecule has 5 nitrogen and oxygen atoms in total. The molecule has 3 aromatic rings. The summed E-state index contributed by atoms with van der Waals surface area (Å²) < 4.78 is 5.48. The highest BCUT2D eigenvalue weighted by atomic mass is 16.3. The number of carbonyl (C=O) groups excluding carboxylic acids is 1. The van der Waals surface area contributed by atoms with Crippen LogP contribution < -0.4 is 10.7 Å². The number of aryl methyl sites for hydroxylation is 1. The number of anilines is 1. The molecule has 2 aromatic heterocycles. The number of fused-ring (bicyclic) bond motifs is 1. The van der Waals surface area contributed by atoms with Gasteiger partial charge in [-0.25, -0.2) is 4.98 Å². The number of hydrogen-bond donors (Lipinski definition) is 1. The van der Waals surface area contributed by atoms with Crippen LogP contribution in [0.4, 0.5) is 5.82 Å². The zero-order chi connectivity index (χ0) is 14.8. The molecule has 0 spiro atoms. The quantitative estimate of drug-likeness (QED) is 0.783. The Balaban J connectivity index is 1.99. The number of rotatable bonds is 2. The van der Waals surface area contributed by atoms with Gasteiger partial charge in [0.1, 0.15) is 11.4 Å². The molecule has 0 unspecified atom stereocenters. The van der Waals surface area contributed by atoms with E-state index in [1.54, 1.807) is 36.5 Å². The fraction of sp³-hybridized carbons (Fsp3) is 0.0625. The molecular weight excluding hydrogens is 268 g/mol. The monoisotopic (exact) mass is 280 g/mol. The van der Waals surface area contributed by atoms with Gasteiger partial charge < -0.3 is 9.73 Å². The second-order valence-electron chi connectivity index (χ2n) is 4.59. The van der Waals surface area contributed by atoms with Gasteiger partial charge in [0, 0.05) is 12.3 Å². The summed E-state index contributed by atoms with van der Waals surface area (Å²) in [7, 11) is 0. The van der Waals surface area contributed by atoms with Crippen molar-refractivity contribution in [1.29, 1.82) is 0 Å². The predicted molar refractivity (Wildman–Crippen MR) is 79.4 cm³/mol. The van der Waals surface area contributed by atoms with Crippen molar-refractivity contribution >= 4 is 22.7 Å². The second-order valence-corrected chi connectivity index (χ2v) is 4.59. The van der Waals surface area contributed by atoms with Crippen LogP contribution in [0.3, 0.4) is 0 Å². The first-order valence-corrected chi connectivity index (χ1v) is 6.41. The number of para-hydroxylation sites is 1. The van der Waals surface area contributed by atoms with Crippen molar-refractivity contribution in [2.75, 3.05) is 5.32 Å². The minimum atomic E-state index is -0.500.